The molecule has 1 fully saturated rings. The first-order valence-electron chi connectivity index (χ1n) is 7.87. The number of hydrogen-bond donors (Lipinski definition) is 2. The summed E-state index contributed by atoms with van der Waals surface area (Å²) in [6, 6.07) is 15.9. The Labute approximate surface area is 138 Å². The Kier molecular flexibility index (Phi) is 3.89. The average molecular weight is 325 g/mol. The summed E-state index contributed by atoms with van der Waals surface area (Å²) in [5, 5.41) is 4.42. The topological polar surface area (TPSA) is 48.1 Å². The molecule has 2 heterocycles. The van der Waals surface area contributed by atoms with Gasteiger partial charge in [0.15, 0.2) is 0 Å². The molecule has 2 aromatic carbocycles. The normalized spacial score (nSPS) is 16.6. The van der Waals surface area contributed by atoms with E-state index < -0.39 is 10.8 Å². The van der Waals surface area contributed by atoms with Crippen molar-refractivity contribution in [1.29, 1.82) is 0 Å². The molecule has 5 heteroatoms. The van der Waals surface area contributed by atoms with Gasteiger partial charge in [0.25, 0.3) is 0 Å². The fourth-order valence-corrected chi connectivity index (χ4v) is 4.30. The SMILES string of the molecule is O=S(c1ccccc1)c1c[nH]c2c(N3CCNCC3)cccc12. The number of anilines is 1. The zero-order valence-electron chi connectivity index (χ0n) is 12.8. The Bertz CT molecular complexity index is 838. The second kappa shape index (κ2) is 6.18. The summed E-state index contributed by atoms with van der Waals surface area (Å²) in [5.74, 6) is 0. The third-order valence-electron chi connectivity index (χ3n) is 4.27. The van der Waals surface area contributed by atoms with Crippen LogP contribution in [0.15, 0.2) is 64.5 Å². The molecule has 1 saturated heterocycles. The summed E-state index contributed by atoms with van der Waals surface area (Å²) in [4.78, 5) is 7.41. The molecule has 0 aliphatic carbocycles. The number of nitrogens with one attached hydrogen (secondary N) is 2. The van der Waals surface area contributed by atoms with Crippen molar-refractivity contribution in [1.82, 2.24) is 10.3 Å². The van der Waals surface area contributed by atoms with Crippen LogP contribution in [0, 0.1) is 0 Å². The summed E-state index contributed by atoms with van der Waals surface area (Å²) < 4.78 is 12.9. The van der Waals surface area contributed by atoms with Gasteiger partial charge in [-0.15, -0.1) is 0 Å². The van der Waals surface area contributed by atoms with Crippen LogP contribution in [0.25, 0.3) is 10.9 Å². The standard InChI is InChI=1S/C18H19N3OS/c22-23(14-5-2-1-3-6-14)17-13-20-18-15(17)7-4-8-16(18)21-11-9-19-10-12-21/h1-8,13,19-20H,9-12H2. The number of H-pyrrole nitrogens is 1. The first-order chi connectivity index (χ1) is 11.3. The molecule has 0 radical (unpaired) electrons. The summed E-state index contributed by atoms with van der Waals surface area (Å²) in [7, 11) is -1.17. The van der Waals surface area contributed by atoms with Crippen LogP contribution in [0.5, 0.6) is 0 Å². The first-order valence-corrected chi connectivity index (χ1v) is 9.02. The van der Waals surface area contributed by atoms with Gasteiger partial charge in [0.1, 0.15) is 0 Å². The Hall–Kier alpha value is -2.11. The molecule has 1 aliphatic heterocycles. The van der Waals surface area contributed by atoms with E-state index in [0.717, 1.165) is 46.9 Å². The van der Waals surface area contributed by atoms with Crippen LogP contribution >= 0.6 is 0 Å². The Morgan fingerprint density at radius 3 is 2.52 bits per heavy atom. The number of nitrogens with zero attached hydrogens (tertiary/aromatic N) is 1. The van der Waals surface area contributed by atoms with Gasteiger partial charge in [-0.2, -0.15) is 0 Å². The first kappa shape index (κ1) is 14.5. The number of benzene rings is 2. The maximum atomic E-state index is 12.9. The number of aromatic amines is 1. The van der Waals surface area contributed by atoms with Crippen molar-refractivity contribution in [2.45, 2.75) is 9.79 Å². The number of para-hydroxylation sites is 1. The van der Waals surface area contributed by atoms with E-state index in [4.69, 9.17) is 0 Å². The van der Waals surface area contributed by atoms with E-state index in [-0.39, 0.29) is 0 Å². The molecule has 118 valence electrons. The summed E-state index contributed by atoms with van der Waals surface area (Å²) >= 11 is 0. The van der Waals surface area contributed by atoms with Gasteiger partial charge in [-0.3, -0.25) is 0 Å². The van der Waals surface area contributed by atoms with Crippen LogP contribution in [-0.4, -0.2) is 35.4 Å². The molecule has 0 spiro atoms. The van der Waals surface area contributed by atoms with E-state index in [1.54, 1.807) is 0 Å². The second-order valence-electron chi connectivity index (χ2n) is 5.67. The fraction of sp³-hybridized carbons (Fsp3) is 0.222. The molecule has 4 nitrogen and oxygen atoms in total. The highest BCUT2D eigenvalue weighted by atomic mass is 32.2. The molecule has 4 rings (SSSR count). The van der Waals surface area contributed by atoms with Crippen molar-refractivity contribution in [3.8, 4) is 0 Å². The molecule has 1 unspecified atom stereocenters. The second-order valence-corrected chi connectivity index (χ2v) is 7.12. The lowest BCUT2D eigenvalue weighted by atomic mass is 10.2. The van der Waals surface area contributed by atoms with E-state index in [2.05, 4.69) is 27.3 Å². The smallest absolute Gasteiger partial charge is 0.0871 e. The van der Waals surface area contributed by atoms with Crippen molar-refractivity contribution in [3.63, 3.8) is 0 Å². The number of piperazine rings is 1. The highest BCUT2D eigenvalue weighted by Crippen LogP contribution is 2.31. The van der Waals surface area contributed by atoms with Crippen molar-refractivity contribution in [2.24, 2.45) is 0 Å². The van der Waals surface area contributed by atoms with Crippen molar-refractivity contribution in [3.05, 3.63) is 54.7 Å². The van der Waals surface area contributed by atoms with Crippen LogP contribution in [0.4, 0.5) is 5.69 Å². The molecule has 1 aromatic heterocycles. The highest BCUT2D eigenvalue weighted by molar-refractivity contribution is 7.85. The monoisotopic (exact) mass is 325 g/mol. The average Bonchev–Trinajstić information content (AvgIpc) is 3.06. The zero-order valence-corrected chi connectivity index (χ0v) is 13.6. The number of fused-ring (bicyclic) bond motifs is 1. The minimum Gasteiger partial charge on any atom is -0.367 e. The maximum absolute atomic E-state index is 12.9. The van der Waals surface area contributed by atoms with Gasteiger partial charge >= 0.3 is 0 Å². The fourth-order valence-electron chi connectivity index (χ4n) is 3.11. The van der Waals surface area contributed by atoms with Crippen LogP contribution in [0.3, 0.4) is 0 Å². The van der Waals surface area contributed by atoms with Crippen LogP contribution in [-0.2, 0) is 10.8 Å². The predicted octanol–water partition coefficient (Wildman–Crippen LogP) is 2.74. The molecule has 0 saturated carbocycles. The number of aromatic nitrogens is 1. The third-order valence-corrected chi connectivity index (χ3v) is 5.71. The van der Waals surface area contributed by atoms with E-state index in [1.807, 2.05) is 42.6 Å². The summed E-state index contributed by atoms with van der Waals surface area (Å²) in [6.45, 7) is 3.99. The third kappa shape index (κ3) is 2.66. The molecule has 0 bridgehead atoms. The Balaban J connectivity index is 1.77. The molecule has 3 aromatic rings. The van der Waals surface area contributed by atoms with Crippen LogP contribution < -0.4 is 10.2 Å². The van der Waals surface area contributed by atoms with Gasteiger partial charge in [0.05, 0.1) is 26.9 Å². The van der Waals surface area contributed by atoms with Crippen molar-refractivity contribution in [2.75, 3.05) is 31.1 Å². The van der Waals surface area contributed by atoms with E-state index in [9.17, 15) is 4.21 Å². The van der Waals surface area contributed by atoms with Crippen LogP contribution in [0.1, 0.15) is 0 Å². The quantitative estimate of drug-likeness (QED) is 0.778. The largest absolute Gasteiger partial charge is 0.367 e. The lowest BCUT2D eigenvalue weighted by Crippen LogP contribution is -2.43. The van der Waals surface area contributed by atoms with E-state index >= 15 is 0 Å². The van der Waals surface area contributed by atoms with E-state index in [1.165, 1.54) is 5.69 Å². The van der Waals surface area contributed by atoms with E-state index in [0.29, 0.717) is 0 Å². The minimum atomic E-state index is -1.17. The van der Waals surface area contributed by atoms with Gasteiger partial charge in [-0.25, -0.2) is 4.21 Å². The van der Waals surface area contributed by atoms with Gasteiger partial charge in [0.2, 0.25) is 0 Å². The maximum Gasteiger partial charge on any atom is 0.0871 e. The molecule has 23 heavy (non-hydrogen) atoms. The summed E-state index contributed by atoms with van der Waals surface area (Å²) in [5.41, 5.74) is 2.27. The van der Waals surface area contributed by atoms with Crippen molar-refractivity contribution < 1.29 is 4.21 Å². The molecule has 1 atom stereocenters. The number of rotatable bonds is 3. The molecule has 0 amide bonds. The van der Waals surface area contributed by atoms with Crippen LogP contribution in [0.2, 0.25) is 0 Å². The molecular formula is C18H19N3OS. The van der Waals surface area contributed by atoms with Crippen molar-refractivity contribution >= 4 is 27.4 Å². The molecule has 1 aliphatic rings. The lowest BCUT2D eigenvalue weighted by Gasteiger charge is -2.29. The van der Waals surface area contributed by atoms with Gasteiger partial charge in [0, 0.05) is 42.7 Å². The highest BCUT2D eigenvalue weighted by Gasteiger charge is 2.18. The minimum absolute atomic E-state index is 0.834. The Morgan fingerprint density at radius 2 is 1.74 bits per heavy atom. The predicted molar refractivity (Wildman–Crippen MR) is 94.5 cm³/mol. The van der Waals surface area contributed by atoms with Gasteiger partial charge < -0.3 is 15.2 Å². The molecular weight excluding hydrogens is 306 g/mol. The van der Waals surface area contributed by atoms with Gasteiger partial charge in [-0.05, 0) is 18.2 Å². The molecule has 2 N–H and O–H groups in total. The lowest BCUT2D eigenvalue weighted by molar-refractivity contribution is 0.590. The summed E-state index contributed by atoms with van der Waals surface area (Å²) in [6.07, 6.45) is 1.89. The zero-order chi connectivity index (χ0) is 15.6. The van der Waals surface area contributed by atoms with Gasteiger partial charge in [-0.1, -0.05) is 30.3 Å². The Morgan fingerprint density at radius 1 is 0.957 bits per heavy atom. The number of hydrogen-bond acceptors (Lipinski definition) is 3.